The first-order valence-corrected chi connectivity index (χ1v) is 10.3. The van der Waals surface area contributed by atoms with Crippen LogP contribution < -0.4 is 14.8 Å². The van der Waals surface area contributed by atoms with Gasteiger partial charge in [-0.15, -0.1) is 11.3 Å². The molecule has 134 valence electrons. The molecule has 0 unspecified atom stereocenters. The first-order chi connectivity index (χ1) is 11.8. The standard InChI is InChI=1S/C17H20N2O4S2/c1-12(2)23-14-7-5-13(6-8-14)18-16(20)17(9-10-17)19-25(21,22)15-4-3-11-24-15/h3-8,11-12,19H,9-10H2,1-2H3,(H,18,20). The van der Waals surface area contributed by atoms with Gasteiger partial charge in [0.1, 0.15) is 15.5 Å². The summed E-state index contributed by atoms with van der Waals surface area (Å²) < 4.78 is 33.0. The molecule has 0 aliphatic heterocycles. The first-order valence-electron chi connectivity index (χ1n) is 7.96. The van der Waals surface area contributed by atoms with Gasteiger partial charge in [0.15, 0.2) is 0 Å². The highest BCUT2D eigenvalue weighted by Crippen LogP contribution is 2.38. The monoisotopic (exact) mass is 380 g/mol. The van der Waals surface area contributed by atoms with Gasteiger partial charge < -0.3 is 10.1 Å². The molecular formula is C17H20N2O4S2. The Kier molecular flexibility index (Phi) is 4.86. The maximum Gasteiger partial charge on any atom is 0.251 e. The maximum atomic E-state index is 12.5. The van der Waals surface area contributed by atoms with Crippen LogP contribution in [-0.4, -0.2) is 26.0 Å². The summed E-state index contributed by atoms with van der Waals surface area (Å²) in [5, 5.41) is 4.46. The minimum Gasteiger partial charge on any atom is -0.491 e. The Morgan fingerprint density at radius 3 is 2.40 bits per heavy atom. The molecule has 0 bridgehead atoms. The maximum absolute atomic E-state index is 12.5. The Morgan fingerprint density at radius 1 is 1.20 bits per heavy atom. The lowest BCUT2D eigenvalue weighted by atomic mass is 10.2. The van der Waals surface area contributed by atoms with Gasteiger partial charge in [-0.25, -0.2) is 8.42 Å². The van der Waals surface area contributed by atoms with Crippen LogP contribution >= 0.6 is 11.3 Å². The Balaban J connectivity index is 1.66. The van der Waals surface area contributed by atoms with Gasteiger partial charge in [0.05, 0.1) is 6.10 Å². The Morgan fingerprint density at radius 2 is 1.88 bits per heavy atom. The van der Waals surface area contributed by atoms with Crippen LogP contribution in [0.3, 0.4) is 0 Å². The molecule has 1 aromatic carbocycles. The van der Waals surface area contributed by atoms with Gasteiger partial charge in [0.2, 0.25) is 5.91 Å². The quantitative estimate of drug-likeness (QED) is 0.773. The molecule has 1 aliphatic rings. The normalized spacial score (nSPS) is 15.8. The van der Waals surface area contributed by atoms with Gasteiger partial charge in [-0.3, -0.25) is 4.79 Å². The number of thiophene rings is 1. The molecule has 3 rings (SSSR count). The van der Waals surface area contributed by atoms with Crippen molar-refractivity contribution in [3.8, 4) is 5.75 Å². The summed E-state index contributed by atoms with van der Waals surface area (Å²) >= 11 is 1.12. The van der Waals surface area contributed by atoms with Crippen LogP contribution in [0.2, 0.25) is 0 Å². The number of benzene rings is 1. The average molecular weight is 380 g/mol. The van der Waals surface area contributed by atoms with Crippen LogP contribution in [0, 0.1) is 0 Å². The second-order valence-corrected chi connectivity index (χ2v) is 9.12. The van der Waals surface area contributed by atoms with Crippen LogP contribution in [0.5, 0.6) is 5.75 Å². The van der Waals surface area contributed by atoms with E-state index in [1.807, 2.05) is 13.8 Å². The molecule has 2 N–H and O–H groups in total. The SMILES string of the molecule is CC(C)Oc1ccc(NC(=O)C2(NS(=O)(=O)c3cccs3)CC2)cc1. The van der Waals surface area contributed by atoms with Crippen molar-refractivity contribution in [1.82, 2.24) is 4.72 Å². The van der Waals surface area contributed by atoms with Gasteiger partial charge in [-0.05, 0) is 62.4 Å². The number of hydrogen-bond acceptors (Lipinski definition) is 5. The minimum absolute atomic E-state index is 0.0711. The summed E-state index contributed by atoms with van der Waals surface area (Å²) in [6.45, 7) is 3.87. The van der Waals surface area contributed by atoms with Crippen molar-refractivity contribution in [2.24, 2.45) is 0 Å². The molecule has 1 saturated carbocycles. The topological polar surface area (TPSA) is 84.5 Å². The van der Waals surface area contributed by atoms with Gasteiger partial charge in [0.25, 0.3) is 10.0 Å². The van der Waals surface area contributed by atoms with Gasteiger partial charge in [0, 0.05) is 5.69 Å². The smallest absolute Gasteiger partial charge is 0.251 e. The summed E-state index contributed by atoms with van der Waals surface area (Å²) in [7, 11) is -3.68. The Bertz CT molecular complexity index is 839. The molecule has 25 heavy (non-hydrogen) atoms. The van der Waals surface area contributed by atoms with Crippen molar-refractivity contribution in [2.45, 2.75) is 42.5 Å². The van der Waals surface area contributed by atoms with E-state index in [0.717, 1.165) is 11.3 Å². The zero-order valence-electron chi connectivity index (χ0n) is 14.0. The highest BCUT2D eigenvalue weighted by Gasteiger charge is 2.53. The highest BCUT2D eigenvalue weighted by atomic mass is 32.2. The predicted molar refractivity (Wildman–Crippen MR) is 97.4 cm³/mol. The largest absolute Gasteiger partial charge is 0.491 e. The molecule has 0 spiro atoms. The second kappa shape index (κ2) is 6.78. The lowest BCUT2D eigenvalue weighted by Gasteiger charge is -2.17. The third-order valence-corrected chi connectivity index (χ3v) is 6.69. The lowest BCUT2D eigenvalue weighted by molar-refractivity contribution is -0.118. The van der Waals surface area contributed by atoms with Crippen LogP contribution in [-0.2, 0) is 14.8 Å². The molecule has 6 nitrogen and oxygen atoms in total. The second-order valence-electron chi connectivity index (χ2n) is 6.26. The Hall–Kier alpha value is -1.90. The molecule has 0 saturated heterocycles. The van der Waals surface area contributed by atoms with E-state index >= 15 is 0 Å². The number of nitrogens with one attached hydrogen (secondary N) is 2. The van der Waals surface area contributed by atoms with E-state index in [2.05, 4.69) is 10.0 Å². The summed E-state index contributed by atoms with van der Waals surface area (Å²) in [5.41, 5.74) is -0.460. The average Bonchev–Trinajstić information content (AvgIpc) is 3.10. The fourth-order valence-electron chi connectivity index (χ4n) is 2.36. The summed E-state index contributed by atoms with van der Waals surface area (Å²) in [5.74, 6) is 0.373. The van der Waals surface area contributed by atoms with E-state index in [1.165, 1.54) is 6.07 Å². The molecule has 8 heteroatoms. The minimum atomic E-state index is -3.68. The third kappa shape index (κ3) is 4.20. The van der Waals surface area contributed by atoms with Gasteiger partial charge in [-0.1, -0.05) is 6.07 Å². The summed E-state index contributed by atoms with van der Waals surface area (Å²) in [4.78, 5) is 12.5. The fourth-order valence-corrected chi connectivity index (χ4v) is 4.78. The predicted octanol–water partition coefficient (Wildman–Crippen LogP) is 2.98. The van der Waals surface area contributed by atoms with Crippen molar-refractivity contribution >= 4 is 33.0 Å². The van der Waals surface area contributed by atoms with E-state index in [0.29, 0.717) is 24.3 Å². The van der Waals surface area contributed by atoms with Crippen molar-refractivity contribution in [3.05, 3.63) is 41.8 Å². The molecule has 1 amide bonds. The van der Waals surface area contributed by atoms with Gasteiger partial charge >= 0.3 is 0 Å². The highest BCUT2D eigenvalue weighted by molar-refractivity contribution is 7.91. The zero-order valence-corrected chi connectivity index (χ0v) is 15.6. The Labute approximate surface area is 151 Å². The van der Waals surface area contributed by atoms with Crippen LogP contribution in [0.15, 0.2) is 46.0 Å². The van der Waals surface area contributed by atoms with Crippen molar-refractivity contribution < 1.29 is 17.9 Å². The summed E-state index contributed by atoms with van der Waals surface area (Å²) in [6, 6.07) is 10.2. The molecule has 1 heterocycles. The number of amides is 1. The third-order valence-electron chi connectivity index (χ3n) is 3.76. The van der Waals surface area contributed by atoms with E-state index in [-0.39, 0.29) is 16.2 Å². The van der Waals surface area contributed by atoms with Crippen molar-refractivity contribution in [3.63, 3.8) is 0 Å². The number of sulfonamides is 1. The molecule has 0 radical (unpaired) electrons. The molecule has 0 atom stereocenters. The fraction of sp³-hybridized carbons (Fsp3) is 0.353. The van der Waals surface area contributed by atoms with E-state index in [1.54, 1.807) is 35.7 Å². The molecule has 1 aliphatic carbocycles. The summed E-state index contributed by atoms with van der Waals surface area (Å²) in [6.07, 6.45) is 1.04. The van der Waals surface area contributed by atoms with E-state index < -0.39 is 15.6 Å². The number of carbonyl (C=O) groups excluding carboxylic acids is 1. The molecule has 2 aromatic rings. The van der Waals surface area contributed by atoms with Crippen LogP contribution in [0.25, 0.3) is 0 Å². The van der Waals surface area contributed by atoms with E-state index in [9.17, 15) is 13.2 Å². The van der Waals surface area contributed by atoms with Crippen molar-refractivity contribution in [1.29, 1.82) is 0 Å². The number of rotatable bonds is 7. The zero-order chi connectivity index (χ0) is 18.1. The van der Waals surface area contributed by atoms with E-state index in [4.69, 9.17) is 4.74 Å². The van der Waals surface area contributed by atoms with Crippen molar-refractivity contribution in [2.75, 3.05) is 5.32 Å². The van der Waals surface area contributed by atoms with Gasteiger partial charge in [-0.2, -0.15) is 4.72 Å². The number of carbonyl (C=O) groups is 1. The number of ether oxygens (including phenoxy) is 1. The lowest BCUT2D eigenvalue weighted by Crippen LogP contribution is -2.45. The van der Waals surface area contributed by atoms with Crippen LogP contribution in [0.1, 0.15) is 26.7 Å². The number of hydrogen-bond donors (Lipinski definition) is 2. The number of anilines is 1. The molecule has 1 aromatic heterocycles. The molecular weight excluding hydrogens is 360 g/mol. The first kappa shape index (κ1) is 17.9. The molecule has 1 fully saturated rings. The van der Waals surface area contributed by atoms with Crippen LogP contribution in [0.4, 0.5) is 5.69 Å².